The molecule has 0 amide bonds. The van der Waals surface area contributed by atoms with Crippen LogP contribution in [0.4, 0.5) is 5.69 Å². The van der Waals surface area contributed by atoms with Crippen molar-refractivity contribution >= 4 is 21.6 Å². The molecule has 1 aliphatic rings. The lowest BCUT2D eigenvalue weighted by atomic mass is 10.1. The molecule has 2 atom stereocenters. The van der Waals surface area contributed by atoms with Crippen LogP contribution in [0.5, 0.6) is 0 Å². The molecule has 2 unspecified atom stereocenters. The second kappa shape index (κ2) is 5.10. The summed E-state index contributed by atoms with van der Waals surface area (Å²) in [6, 6.07) is 8.40. The van der Waals surface area contributed by atoms with Crippen molar-refractivity contribution in [2.45, 2.75) is 18.7 Å². The van der Waals surface area contributed by atoms with Gasteiger partial charge in [0.25, 0.3) is 0 Å². The van der Waals surface area contributed by atoms with Crippen molar-refractivity contribution in [3.8, 4) is 6.07 Å². The van der Waals surface area contributed by atoms with E-state index in [0.717, 1.165) is 40.5 Å². The molecule has 0 aliphatic heterocycles. The molecule has 0 radical (unpaired) electrons. The van der Waals surface area contributed by atoms with Crippen LogP contribution >= 0.6 is 15.9 Å². The highest BCUT2D eigenvalue weighted by Crippen LogP contribution is 2.39. The zero-order chi connectivity index (χ0) is 12.4. The van der Waals surface area contributed by atoms with Crippen LogP contribution in [0, 0.1) is 23.2 Å². The van der Waals surface area contributed by atoms with Gasteiger partial charge in [0.2, 0.25) is 0 Å². The van der Waals surface area contributed by atoms with Crippen LogP contribution in [0.25, 0.3) is 0 Å². The van der Waals surface area contributed by atoms with Crippen molar-refractivity contribution in [3.63, 3.8) is 0 Å². The van der Waals surface area contributed by atoms with Gasteiger partial charge in [-0.15, -0.1) is 0 Å². The predicted molar refractivity (Wildman–Crippen MR) is 74.3 cm³/mol. The Morgan fingerprint density at radius 1 is 1.53 bits per heavy atom. The van der Waals surface area contributed by atoms with E-state index in [1.165, 1.54) is 6.42 Å². The Bertz CT molecular complexity index is 450. The summed E-state index contributed by atoms with van der Waals surface area (Å²) < 4.78 is 0. The average Bonchev–Trinajstić information content (AvgIpc) is 3.03. The molecule has 0 saturated heterocycles. The van der Waals surface area contributed by atoms with Crippen molar-refractivity contribution in [3.05, 3.63) is 29.3 Å². The second-order valence-electron chi connectivity index (χ2n) is 4.95. The minimum Gasteiger partial charge on any atom is -0.373 e. The van der Waals surface area contributed by atoms with Crippen molar-refractivity contribution in [1.29, 1.82) is 5.26 Å². The van der Waals surface area contributed by atoms with E-state index in [-0.39, 0.29) is 0 Å². The van der Waals surface area contributed by atoms with Gasteiger partial charge in [-0.05, 0) is 36.0 Å². The number of nitrogens with zero attached hydrogens (tertiary/aromatic N) is 2. The summed E-state index contributed by atoms with van der Waals surface area (Å²) in [6.45, 7) is 3.35. The highest BCUT2D eigenvalue weighted by molar-refractivity contribution is 9.08. The first kappa shape index (κ1) is 12.4. The molecule has 1 aromatic rings. The van der Waals surface area contributed by atoms with Gasteiger partial charge in [0.1, 0.15) is 6.07 Å². The largest absolute Gasteiger partial charge is 0.373 e. The maximum absolute atomic E-state index is 9.20. The van der Waals surface area contributed by atoms with Gasteiger partial charge in [-0.2, -0.15) is 5.26 Å². The summed E-state index contributed by atoms with van der Waals surface area (Å²) in [4.78, 5) is 2.21. The number of hydrogen-bond acceptors (Lipinski definition) is 2. The van der Waals surface area contributed by atoms with Crippen LogP contribution < -0.4 is 4.90 Å². The fourth-order valence-electron chi connectivity index (χ4n) is 2.19. The highest BCUT2D eigenvalue weighted by Gasteiger charge is 2.33. The number of hydrogen-bond donors (Lipinski definition) is 0. The molecule has 0 N–H and O–H groups in total. The van der Waals surface area contributed by atoms with E-state index in [2.05, 4.69) is 53.0 Å². The van der Waals surface area contributed by atoms with Gasteiger partial charge in [0.15, 0.2) is 0 Å². The first-order valence-corrected chi connectivity index (χ1v) is 7.08. The summed E-state index contributed by atoms with van der Waals surface area (Å²) in [5.41, 5.74) is 2.98. The maximum atomic E-state index is 9.20. The number of alkyl halides is 1. The van der Waals surface area contributed by atoms with Gasteiger partial charge in [0, 0.05) is 18.9 Å². The van der Waals surface area contributed by atoms with E-state index >= 15 is 0 Å². The normalized spacial score (nSPS) is 22.0. The average molecular weight is 293 g/mol. The van der Waals surface area contributed by atoms with Gasteiger partial charge in [0.05, 0.1) is 11.3 Å². The van der Waals surface area contributed by atoms with Crippen molar-refractivity contribution < 1.29 is 0 Å². The Hall–Kier alpha value is -1.01. The summed E-state index contributed by atoms with van der Waals surface area (Å²) in [7, 11) is 2.08. The Morgan fingerprint density at radius 3 is 2.76 bits per heavy atom. The molecular weight excluding hydrogens is 276 g/mol. The fourth-order valence-corrected chi connectivity index (χ4v) is 2.54. The van der Waals surface area contributed by atoms with Gasteiger partial charge >= 0.3 is 0 Å². The molecule has 1 aliphatic carbocycles. The van der Waals surface area contributed by atoms with Crippen LogP contribution in [-0.2, 0) is 5.33 Å². The Balaban J connectivity index is 2.16. The SMILES string of the molecule is CC1CC1CN(C)c1ccc(CBr)cc1C#N. The van der Waals surface area contributed by atoms with Crippen LogP contribution in [0.2, 0.25) is 0 Å². The third-order valence-electron chi connectivity index (χ3n) is 3.53. The van der Waals surface area contributed by atoms with E-state index in [9.17, 15) is 5.26 Å². The molecule has 0 aromatic heterocycles. The summed E-state index contributed by atoms with van der Waals surface area (Å²) in [5.74, 6) is 1.66. The third kappa shape index (κ3) is 2.81. The van der Waals surface area contributed by atoms with Crippen molar-refractivity contribution in [1.82, 2.24) is 0 Å². The minimum absolute atomic E-state index is 0.776. The molecule has 90 valence electrons. The number of benzene rings is 1. The zero-order valence-electron chi connectivity index (χ0n) is 10.3. The third-order valence-corrected chi connectivity index (χ3v) is 4.18. The molecule has 2 rings (SSSR count). The zero-order valence-corrected chi connectivity index (χ0v) is 11.9. The predicted octanol–water partition coefficient (Wildman–Crippen LogP) is 3.55. The van der Waals surface area contributed by atoms with E-state index in [1.807, 2.05) is 6.07 Å². The molecule has 1 saturated carbocycles. The highest BCUT2D eigenvalue weighted by atomic mass is 79.9. The van der Waals surface area contributed by atoms with Gasteiger partial charge in [-0.25, -0.2) is 0 Å². The van der Waals surface area contributed by atoms with E-state index in [4.69, 9.17) is 0 Å². The lowest BCUT2D eigenvalue weighted by Gasteiger charge is -2.21. The first-order valence-electron chi connectivity index (χ1n) is 5.95. The molecule has 0 spiro atoms. The van der Waals surface area contributed by atoms with E-state index in [1.54, 1.807) is 0 Å². The van der Waals surface area contributed by atoms with E-state index < -0.39 is 0 Å². The molecule has 2 nitrogen and oxygen atoms in total. The molecule has 1 fully saturated rings. The van der Waals surface area contributed by atoms with Crippen molar-refractivity contribution in [2.24, 2.45) is 11.8 Å². The van der Waals surface area contributed by atoms with E-state index in [0.29, 0.717) is 0 Å². The number of anilines is 1. The maximum Gasteiger partial charge on any atom is 0.101 e. The van der Waals surface area contributed by atoms with Gasteiger partial charge in [-0.1, -0.05) is 28.9 Å². The Kier molecular flexibility index (Phi) is 3.73. The molecule has 0 bridgehead atoms. The van der Waals surface area contributed by atoms with Crippen LogP contribution in [0.3, 0.4) is 0 Å². The smallest absolute Gasteiger partial charge is 0.101 e. The second-order valence-corrected chi connectivity index (χ2v) is 5.51. The summed E-state index contributed by atoms with van der Waals surface area (Å²) in [6.07, 6.45) is 1.33. The summed E-state index contributed by atoms with van der Waals surface area (Å²) in [5, 5.41) is 9.99. The van der Waals surface area contributed by atoms with Crippen LogP contribution in [-0.4, -0.2) is 13.6 Å². The van der Waals surface area contributed by atoms with Gasteiger partial charge < -0.3 is 4.90 Å². The standard InChI is InChI=1S/C14H17BrN2/c1-10-5-13(10)9-17(2)14-4-3-11(7-15)6-12(14)8-16/h3-4,6,10,13H,5,7,9H2,1-2H3. The van der Waals surface area contributed by atoms with Crippen molar-refractivity contribution in [2.75, 3.05) is 18.5 Å². The van der Waals surface area contributed by atoms with Crippen LogP contribution in [0.1, 0.15) is 24.5 Å². The minimum atomic E-state index is 0.776. The Morgan fingerprint density at radius 2 is 2.24 bits per heavy atom. The number of halogens is 1. The number of rotatable bonds is 4. The molecule has 3 heteroatoms. The summed E-state index contributed by atoms with van der Waals surface area (Å²) >= 11 is 3.42. The molecule has 17 heavy (non-hydrogen) atoms. The first-order chi connectivity index (χ1) is 8.15. The lowest BCUT2D eigenvalue weighted by molar-refractivity contribution is 0.725. The lowest BCUT2D eigenvalue weighted by Crippen LogP contribution is -2.21. The fraction of sp³-hybridized carbons (Fsp3) is 0.500. The number of nitriles is 1. The topological polar surface area (TPSA) is 27.0 Å². The van der Waals surface area contributed by atoms with Gasteiger partial charge in [-0.3, -0.25) is 0 Å². The quantitative estimate of drug-likeness (QED) is 0.794. The monoisotopic (exact) mass is 292 g/mol. The Labute approximate surface area is 111 Å². The molecule has 0 heterocycles. The molecule has 1 aromatic carbocycles. The van der Waals surface area contributed by atoms with Crippen LogP contribution in [0.15, 0.2) is 18.2 Å². The molecular formula is C14H17BrN2.